The Labute approximate surface area is 197 Å². The predicted octanol–water partition coefficient (Wildman–Crippen LogP) is 2.35. The van der Waals surface area contributed by atoms with Crippen LogP contribution >= 0.6 is 0 Å². The van der Waals surface area contributed by atoms with Crippen LogP contribution in [0.3, 0.4) is 0 Å². The van der Waals surface area contributed by atoms with E-state index in [9.17, 15) is 18.0 Å². The number of aromatic nitrogens is 3. The van der Waals surface area contributed by atoms with Gasteiger partial charge in [0.2, 0.25) is 0 Å². The van der Waals surface area contributed by atoms with Crippen LogP contribution in [-0.2, 0) is 30.7 Å². The van der Waals surface area contributed by atoms with Crippen molar-refractivity contribution in [1.29, 1.82) is 0 Å². The number of methoxy groups -OCH3 is 1. The molecule has 180 valence electrons. The summed E-state index contributed by atoms with van der Waals surface area (Å²) in [6.45, 7) is 3.15. The highest BCUT2D eigenvalue weighted by molar-refractivity contribution is 7.91. The summed E-state index contributed by atoms with van der Waals surface area (Å²) in [4.78, 5) is 30.0. The van der Waals surface area contributed by atoms with Gasteiger partial charge in [0.25, 0.3) is 5.91 Å². The monoisotopic (exact) mass is 486 g/mol. The molecule has 1 aliphatic heterocycles. The summed E-state index contributed by atoms with van der Waals surface area (Å²) in [5.74, 6) is -0.809. The first-order chi connectivity index (χ1) is 16.2. The predicted molar refractivity (Wildman–Crippen MR) is 125 cm³/mol. The Hall–Kier alpha value is -3.31. The van der Waals surface area contributed by atoms with Crippen molar-refractivity contribution in [2.24, 2.45) is 0 Å². The average Bonchev–Trinajstić information content (AvgIpc) is 3.33. The van der Waals surface area contributed by atoms with Gasteiger partial charge in [-0.1, -0.05) is 18.2 Å². The number of rotatable bonds is 7. The first-order valence-electron chi connectivity index (χ1n) is 10.8. The molecule has 34 heavy (non-hydrogen) atoms. The minimum atomic E-state index is -3.12. The van der Waals surface area contributed by atoms with E-state index < -0.39 is 28.3 Å². The fraction of sp³-hybridized carbons (Fsp3) is 0.391. The van der Waals surface area contributed by atoms with Crippen molar-refractivity contribution >= 4 is 38.4 Å². The number of ether oxygens (including phenoxy) is 2. The van der Waals surface area contributed by atoms with Crippen molar-refractivity contribution in [3.05, 3.63) is 52.8 Å². The zero-order valence-electron chi connectivity index (χ0n) is 19.2. The van der Waals surface area contributed by atoms with Crippen LogP contribution in [0.2, 0.25) is 0 Å². The summed E-state index contributed by atoms with van der Waals surface area (Å²) in [6.07, 6.45) is 0.428. The number of hydrogen-bond donors (Lipinski definition) is 1. The van der Waals surface area contributed by atoms with Gasteiger partial charge in [-0.15, -0.1) is 0 Å². The molecular formula is C23H26N4O6S. The van der Waals surface area contributed by atoms with Crippen LogP contribution in [0, 0.1) is 13.8 Å². The Morgan fingerprint density at radius 2 is 2.00 bits per heavy atom. The minimum absolute atomic E-state index is 0.0253. The fourth-order valence-corrected chi connectivity index (χ4v) is 5.88. The van der Waals surface area contributed by atoms with Gasteiger partial charge in [0.15, 0.2) is 16.4 Å². The molecule has 1 N–H and O–H groups in total. The smallest absolute Gasteiger partial charge is 0.340 e. The number of sulfone groups is 1. The minimum Gasteiger partial charge on any atom is -0.452 e. The standard InChI is InChI=1S/C23H26N4O6S/c1-14-10-20(27(26-14)16-8-9-34(30,31)13-16)25-21(28)12-33-23(29)22-15(2)17-6-4-5-7-18(17)24-19(22)11-32-3/h4-7,10,16H,8-9,11-13H2,1-3H3,(H,25,28). The normalized spacial score (nSPS) is 17.1. The van der Waals surface area contributed by atoms with Crippen LogP contribution in [0.5, 0.6) is 0 Å². The lowest BCUT2D eigenvalue weighted by atomic mass is 10.0. The maximum Gasteiger partial charge on any atom is 0.340 e. The quantitative estimate of drug-likeness (QED) is 0.504. The summed E-state index contributed by atoms with van der Waals surface area (Å²) < 4.78 is 35.7. The molecule has 0 spiro atoms. The van der Waals surface area contributed by atoms with E-state index in [0.717, 1.165) is 10.9 Å². The molecule has 10 nitrogen and oxygen atoms in total. The molecule has 0 radical (unpaired) electrons. The van der Waals surface area contributed by atoms with E-state index in [2.05, 4.69) is 15.4 Å². The van der Waals surface area contributed by atoms with Gasteiger partial charge in [-0.25, -0.2) is 22.9 Å². The molecule has 0 aliphatic carbocycles. The average molecular weight is 487 g/mol. The number of anilines is 1. The van der Waals surface area contributed by atoms with E-state index in [-0.39, 0.29) is 29.7 Å². The van der Waals surface area contributed by atoms with E-state index in [4.69, 9.17) is 9.47 Å². The van der Waals surface area contributed by atoms with Gasteiger partial charge < -0.3 is 14.8 Å². The van der Waals surface area contributed by atoms with E-state index in [1.165, 1.54) is 11.8 Å². The van der Waals surface area contributed by atoms with E-state index >= 15 is 0 Å². The van der Waals surface area contributed by atoms with Gasteiger partial charge in [-0.05, 0) is 31.9 Å². The Morgan fingerprint density at radius 3 is 2.71 bits per heavy atom. The SMILES string of the molecule is COCc1nc2ccccc2c(C)c1C(=O)OCC(=O)Nc1cc(C)nn1C1CCS(=O)(=O)C1. The molecule has 11 heteroatoms. The molecule has 1 aliphatic rings. The highest BCUT2D eigenvalue weighted by Gasteiger charge is 2.31. The number of nitrogens with zero attached hydrogens (tertiary/aromatic N) is 3. The highest BCUT2D eigenvalue weighted by atomic mass is 32.2. The molecule has 1 fully saturated rings. The van der Waals surface area contributed by atoms with Crippen molar-refractivity contribution < 1.29 is 27.5 Å². The number of nitrogens with one attached hydrogen (secondary N) is 1. The summed E-state index contributed by atoms with van der Waals surface area (Å²) >= 11 is 0. The lowest BCUT2D eigenvalue weighted by Gasteiger charge is -2.15. The first kappa shape index (κ1) is 23.8. The summed E-state index contributed by atoms with van der Waals surface area (Å²) in [6, 6.07) is 8.74. The van der Waals surface area contributed by atoms with Crippen molar-refractivity contribution in [2.45, 2.75) is 32.9 Å². The zero-order valence-corrected chi connectivity index (χ0v) is 20.0. The van der Waals surface area contributed by atoms with Crippen molar-refractivity contribution in [3.8, 4) is 0 Å². The number of pyridine rings is 1. The second-order valence-electron chi connectivity index (χ2n) is 8.31. The molecule has 3 heterocycles. The molecule has 0 bridgehead atoms. The Kier molecular flexibility index (Phi) is 6.67. The van der Waals surface area contributed by atoms with E-state index in [1.54, 1.807) is 19.9 Å². The zero-order chi connectivity index (χ0) is 24.5. The maximum atomic E-state index is 12.9. The van der Waals surface area contributed by atoms with E-state index in [0.29, 0.717) is 29.2 Å². The van der Waals surface area contributed by atoms with Crippen LogP contribution in [0.4, 0.5) is 5.82 Å². The van der Waals surface area contributed by atoms with Gasteiger partial charge in [0, 0.05) is 18.6 Å². The molecule has 4 rings (SSSR count). The number of fused-ring (bicyclic) bond motifs is 1. The van der Waals surface area contributed by atoms with Crippen LogP contribution in [-0.4, -0.2) is 60.3 Å². The lowest BCUT2D eigenvalue weighted by Crippen LogP contribution is -2.25. The Morgan fingerprint density at radius 1 is 1.24 bits per heavy atom. The number of carbonyl (C=O) groups excluding carboxylic acids is 2. The third kappa shape index (κ3) is 4.95. The number of hydrogen-bond acceptors (Lipinski definition) is 8. The topological polar surface area (TPSA) is 129 Å². The second-order valence-corrected chi connectivity index (χ2v) is 10.5. The number of para-hydroxylation sites is 1. The number of amides is 1. The largest absolute Gasteiger partial charge is 0.452 e. The van der Waals surface area contributed by atoms with Crippen molar-refractivity contribution in [3.63, 3.8) is 0 Å². The molecular weight excluding hydrogens is 460 g/mol. The Balaban J connectivity index is 1.48. The molecule has 1 unspecified atom stereocenters. The van der Waals surface area contributed by atoms with Crippen LogP contribution in [0.25, 0.3) is 10.9 Å². The summed E-state index contributed by atoms with van der Waals surface area (Å²) in [7, 11) is -1.61. The third-order valence-electron chi connectivity index (χ3n) is 5.73. The fourth-order valence-electron chi connectivity index (χ4n) is 4.19. The molecule has 3 aromatic rings. The molecule has 0 saturated carbocycles. The maximum absolute atomic E-state index is 12.9. The van der Waals surface area contributed by atoms with Crippen LogP contribution in [0.15, 0.2) is 30.3 Å². The number of carbonyl (C=O) groups is 2. The Bertz CT molecular complexity index is 1370. The van der Waals surface area contributed by atoms with Crippen LogP contribution < -0.4 is 5.32 Å². The first-order valence-corrected chi connectivity index (χ1v) is 12.6. The second kappa shape index (κ2) is 9.51. The van der Waals surface area contributed by atoms with Gasteiger partial charge in [-0.3, -0.25) is 4.79 Å². The number of esters is 1. The number of benzene rings is 1. The summed E-state index contributed by atoms with van der Waals surface area (Å²) in [5.41, 5.74) is 2.77. The van der Waals surface area contributed by atoms with Gasteiger partial charge in [0.05, 0.1) is 46.6 Å². The molecule has 1 aromatic carbocycles. The highest BCUT2D eigenvalue weighted by Crippen LogP contribution is 2.27. The molecule has 1 amide bonds. The van der Waals surface area contributed by atoms with E-state index in [1.807, 2.05) is 24.3 Å². The van der Waals surface area contributed by atoms with Gasteiger partial charge >= 0.3 is 5.97 Å². The van der Waals surface area contributed by atoms with Crippen molar-refractivity contribution in [2.75, 3.05) is 30.5 Å². The van der Waals surface area contributed by atoms with Gasteiger partial charge in [0.1, 0.15) is 5.82 Å². The molecule has 2 aromatic heterocycles. The molecule has 1 atom stereocenters. The van der Waals surface area contributed by atoms with Crippen LogP contribution in [0.1, 0.15) is 39.8 Å². The lowest BCUT2D eigenvalue weighted by molar-refractivity contribution is -0.119. The van der Waals surface area contributed by atoms with Crippen molar-refractivity contribution in [1.82, 2.24) is 14.8 Å². The molecule has 1 saturated heterocycles. The third-order valence-corrected chi connectivity index (χ3v) is 7.48. The number of aryl methyl sites for hydroxylation is 2. The summed E-state index contributed by atoms with van der Waals surface area (Å²) in [5, 5.41) is 7.82. The van der Waals surface area contributed by atoms with Gasteiger partial charge in [-0.2, -0.15) is 5.10 Å².